The van der Waals surface area contributed by atoms with Gasteiger partial charge in [0.2, 0.25) is 0 Å². The highest BCUT2D eigenvalue weighted by molar-refractivity contribution is 7.99. The summed E-state index contributed by atoms with van der Waals surface area (Å²) in [6, 6.07) is 7.71. The van der Waals surface area contributed by atoms with Gasteiger partial charge in [0.05, 0.1) is 5.69 Å². The number of nitrogens with zero attached hydrogens (tertiary/aromatic N) is 2. The van der Waals surface area contributed by atoms with Crippen molar-refractivity contribution in [2.24, 2.45) is 5.73 Å². The lowest BCUT2D eigenvalue weighted by atomic mass is 10.0. The summed E-state index contributed by atoms with van der Waals surface area (Å²) >= 11 is 7.49. The summed E-state index contributed by atoms with van der Waals surface area (Å²) in [7, 11) is 0. The van der Waals surface area contributed by atoms with Crippen LogP contribution in [0, 0.1) is 0 Å². The molecule has 3 nitrogen and oxygen atoms in total. The summed E-state index contributed by atoms with van der Waals surface area (Å²) in [4.78, 5) is 1.09. The predicted molar refractivity (Wildman–Crippen MR) is 84.3 cm³/mol. The lowest BCUT2D eigenvalue weighted by Gasteiger charge is -2.13. The highest BCUT2D eigenvalue weighted by Gasteiger charge is 2.14. The Hall–Kier alpha value is -1.10. The fourth-order valence-electron chi connectivity index (χ4n) is 2.14. The second-order valence-electron chi connectivity index (χ2n) is 4.38. The summed E-state index contributed by atoms with van der Waals surface area (Å²) in [5.74, 6) is 0. The number of hydrogen-bond donors (Lipinski definition) is 1. The van der Waals surface area contributed by atoms with Gasteiger partial charge >= 0.3 is 0 Å². The zero-order valence-electron chi connectivity index (χ0n) is 11.7. The van der Waals surface area contributed by atoms with Crippen LogP contribution in [0.15, 0.2) is 34.2 Å². The van der Waals surface area contributed by atoms with Gasteiger partial charge in [-0.1, -0.05) is 37.2 Å². The maximum atomic E-state index is 5.93. The van der Waals surface area contributed by atoms with Gasteiger partial charge in [0.15, 0.2) is 0 Å². The molecule has 1 heterocycles. The number of benzene rings is 1. The van der Waals surface area contributed by atoms with E-state index in [-0.39, 0.29) is 0 Å². The smallest absolute Gasteiger partial charge is 0.128 e. The van der Waals surface area contributed by atoms with Gasteiger partial charge in [-0.15, -0.1) is 5.10 Å². The molecule has 0 aliphatic carbocycles. The SMILES string of the molecule is CCc1nnc(Sc2ccc(Cl)cc2)c(CN)c1CC. The standard InChI is InChI=1S/C15H18ClN3S/c1-3-12-13(9-17)15(19-18-14(12)4-2)20-11-7-5-10(16)6-8-11/h5-8H,3-4,9,17H2,1-2H3. The molecule has 0 radical (unpaired) electrons. The van der Waals surface area contributed by atoms with Crippen LogP contribution in [-0.4, -0.2) is 10.2 Å². The molecule has 1 aromatic heterocycles. The highest BCUT2D eigenvalue weighted by atomic mass is 35.5. The monoisotopic (exact) mass is 307 g/mol. The molecule has 0 saturated heterocycles. The predicted octanol–water partition coefficient (Wildman–Crippen LogP) is 3.86. The summed E-state index contributed by atoms with van der Waals surface area (Å²) < 4.78 is 0. The Labute approximate surface area is 128 Å². The van der Waals surface area contributed by atoms with Gasteiger partial charge in [-0.2, -0.15) is 5.10 Å². The van der Waals surface area contributed by atoms with E-state index in [9.17, 15) is 0 Å². The average molecular weight is 308 g/mol. The maximum absolute atomic E-state index is 5.93. The quantitative estimate of drug-likeness (QED) is 0.911. The molecule has 0 saturated carbocycles. The zero-order chi connectivity index (χ0) is 14.5. The van der Waals surface area contributed by atoms with Crippen LogP contribution in [0.2, 0.25) is 5.02 Å². The van der Waals surface area contributed by atoms with Crippen LogP contribution in [0.5, 0.6) is 0 Å². The van der Waals surface area contributed by atoms with Gasteiger partial charge in [-0.05, 0) is 42.7 Å². The van der Waals surface area contributed by atoms with Gasteiger partial charge in [-0.3, -0.25) is 0 Å². The lowest BCUT2D eigenvalue weighted by molar-refractivity contribution is 0.782. The van der Waals surface area contributed by atoms with Crippen LogP contribution in [0.25, 0.3) is 0 Å². The molecular formula is C15H18ClN3S. The second-order valence-corrected chi connectivity index (χ2v) is 5.87. The van der Waals surface area contributed by atoms with E-state index < -0.39 is 0 Å². The lowest BCUT2D eigenvalue weighted by Crippen LogP contribution is -2.10. The van der Waals surface area contributed by atoms with Crippen LogP contribution < -0.4 is 5.73 Å². The summed E-state index contributed by atoms with van der Waals surface area (Å²) in [6.45, 7) is 4.71. The Kier molecular flexibility index (Phi) is 5.40. The van der Waals surface area contributed by atoms with Crippen molar-refractivity contribution < 1.29 is 0 Å². The van der Waals surface area contributed by atoms with Crippen molar-refractivity contribution in [1.82, 2.24) is 10.2 Å². The number of aryl methyl sites for hydroxylation is 1. The Morgan fingerprint density at radius 1 is 1.05 bits per heavy atom. The molecule has 0 bridgehead atoms. The number of aromatic nitrogens is 2. The molecule has 0 aliphatic heterocycles. The Bertz CT molecular complexity index is 584. The van der Waals surface area contributed by atoms with Crippen LogP contribution in [0.4, 0.5) is 0 Å². The molecular weight excluding hydrogens is 290 g/mol. The largest absolute Gasteiger partial charge is 0.326 e. The Morgan fingerprint density at radius 2 is 1.75 bits per heavy atom. The third-order valence-electron chi connectivity index (χ3n) is 3.15. The minimum atomic E-state index is 0.488. The Balaban J connectivity index is 2.38. The minimum absolute atomic E-state index is 0.488. The first-order chi connectivity index (χ1) is 9.69. The van der Waals surface area contributed by atoms with Crippen molar-refractivity contribution in [3.8, 4) is 0 Å². The molecule has 0 aliphatic rings. The normalized spacial score (nSPS) is 10.8. The van der Waals surface area contributed by atoms with Gasteiger partial charge in [0.1, 0.15) is 5.03 Å². The Morgan fingerprint density at radius 3 is 2.30 bits per heavy atom. The van der Waals surface area contributed by atoms with E-state index in [1.54, 1.807) is 11.8 Å². The minimum Gasteiger partial charge on any atom is -0.326 e. The molecule has 0 spiro atoms. The maximum Gasteiger partial charge on any atom is 0.128 e. The van der Waals surface area contributed by atoms with Crippen LogP contribution >= 0.6 is 23.4 Å². The van der Waals surface area contributed by atoms with Crippen molar-refractivity contribution >= 4 is 23.4 Å². The van der Waals surface area contributed by atoms with Crippen LogP contribution in [-0.2, 0) is 19.4 Å². The molecule has 0 unspecified atom stereocenters. The number of hydrogen-bond acceptors (Lipinski definition) is 4. The molecule has 1 aromatic carbocycles. The molecule has 2 N–H and O–H groups in total. The molecule has 2 aromatic rings. The van der Waals surface area contributed by atoms with E-state index in [0.717, 1.165) is 39.0 Å². The molecule has 0 fully saturated rings. The van der Waals surface area contributed by atoms with Gasteiger partial charge in [0, 0.05) is 22.0 Å². The molecule has 106 valence electrons. The zero-order valence-corrected chi connectivity index (χ0v) is 13.3. The topological polar surface area (TPSA) is 51.8 Å². The van der Waals surface area contributed by atoms with E-state index in [1.165, 1.54) is 5.56 Å². The van der Waals surface area contributed by atoms with Crippen molar-refractivity contribution in [1.29, 1.82) is 0 Å². The number of nitrogens with two attached hydrogens (primary N) is 1. The second kappa shape index (κ2) is 7.07. The molecule has 2 rings (SSSR count). The van der Waals surface area contributed by atoms with Gasteiger partial charge in [-0.25, -0.2) is 0 Å². The van der Waals surface area contributed by atoms with E-state index in [4.69, 9.17) is 17.3 Å². The van der Waals surface area contributed by atoms with Crippen molar-refractivity contribution in [2.45, 2.75) is 43.2 Å². The first-order valence-corrected chi connectivity index (χ1v) is 7.89. The summed E-state index contributed by atoms with van der Waals surface area (Å²) in [5.41, 5.74) is 9.32. The van der Waals surface area contributed by atoms with E-state index in [1.807, 2.05) is 24.3 Å². The third kappa shape index (κ3) is 3.32. The first-order valence-electron chi connectivity index (χ1n) is 6.70. The van der Waals surface area contributed by atoms with Crippen LogP contribution in [0.3, 0.4) is 0 Å². The van der Waals surface area contributed by atoms with Crippen molar-refractivity contribution in [3.05, 3.63) is 46.1 Å². The number of rotatable bonds is 5. The average Bonchev–Trinajstić information content (AvgIpc) is 2.48. The third-order valence-corrected chi connectivity index (χ3v) is 4.43. The summed E-state index contributed by atoms with van der Waals surface area (Å²) in [5, 5.41) is 10.3. The van der Waals surface area contributed by atoms with Crippen molar-refractivity contribution in [3.63, 3.8) is 0 Å². The molecule has 5 heteroatoms. The first kappa shape index (κ1) is 15.3. The molecule has 20 heavy (non-hydrogen) atoms. The van der Waals surface area contributed by atoms with E-state index in [0.29, 0.717) is 6.54 Å². The molecule has 0 amide bonds. The van der Waals surface area contributed by atoms with Crippen LogP contribution in [0.1, 0.15) is 30.7 Å². The number of halogens is 1. The fraction of sp³-hybridized carbons (Fsp3) is 0.333. The van der Waals surface area contributed by atoms with E-state index in [2.05, 4.69) is 24.0 Å². The highest BCUT2D eigenvalue weighted by Crippen LogP contribution is 2.31. The van der Waals surface area contributed by atoms with Crippen molar-refractivity contribution in [2.75, 3.05) is 0 Å². The molecule has 0 atom stereocenters. The van der Waals surface area contributed by atoms with Gasteiger partial charge < -0.3 is 5.73 Å². The summed E-state index contributed by atoms with van der Waals surface area (Å²) in [6.07, 6.45) is 1.81. The van der Waals surface area contributed by atoms with Gasteiger partial charge in [0.25, 0.3) is 0 Å². The fourth-order valence-corrected chi connectivity index (χ4v) is 3.17. The van der Waals surface area contributed by atoms with E-state index >= 15 is 0 Å².